The van der Waals surface area contributed by atoms with Crippen molar-refractivity contribution in [3.05, 3.63) is 62.5 Å². The van der Waals surface area contributed by atoms with E-state index in [0.29, 0.717) is 11.1 Å². The molecule has 1 aromatic heterocycles. The molecule has 1 aromatic carbocycles. The average Bonchev–Trinajstić information content (AvgIpc) is 3.22. The van der Waals surface area contributed by atoms with Crippen LogP contribution >= 0.6 is 11.3 Å². The first-order valence-electron chi connectivity index (χ1n) is 7.50. The molecule has 134 valence electrons. The van der Waals surface area contributed by atoms with Gasteiger partial charge in [-0.1, -0.05) is 23.5 Å². The number of amides is 3. The summed E-state index contributed by atoms with van der Waals surface area (Å²) in [6.45, 7) is -0.0593. The van der Waals surface area contributed by atoms with E-state index in [1.54, 1.807) is 23.6 Å². The standard InChI is InChI=1S/C16H13N3O6S/c20-13-6-17-16(22)18(13)7-10-2-1-3-12(4-10)15(21)25-8-11-5-14(19(23)24)26-9-11/h1-5,9H,6-8H2,(H,17,22). The molecule has 1 saturated heterocycles. The van der Waals surface area contributed by atoms with Crippen molar-refractivity contribution >= 4 is 34.2 Å². The number of thiophene rings is 1. The van der Waals surface area contributed by atoms with Crippen LogP contribution in [0.4, 0.5) is 9.80 Å². The van der Waals surface area contributed by atoms with E-state index in [9.17, 15) is 24.5 Å². The molecule has 0 radical (unpaired) electrons. The van der Waals surface area contributed by atoms with Gasteiger partial charge < -0.3 is 10.1 Å². The largest absolute Gasteiger partial charge is 0.457 e. The molecule has 1 fully saturated rings. The number of hydrogen-bond acceptors (Lipinski definition) is 7. The van der Waals surface area contributed by atoms with Crippen LogP contribution in [0.25, 0.3) is 0 Å². The number of imide groups is 1. The Morgan fingerprint density at radius 2 is 2.12 bits per heavy atom. The minimum absolute atomic E-state index is 0.0217. The summed E-state index contributed by atoms with van der Waals surface area (Å²) in [5.41, 5.74) is 1.40. The molecule has 0 atom stereocenters. The van der Waals surface area contributed by atoms with Gasteiger partial charge in [-0.2, -0.15) is 0 Å². The SMILES string of the molecule is O=C(OCc1csc([N+](=O)[O-])c1)c1cccc(CN2C(=O)CNC2=O)c1. The zero-order valence-electron chi connectivity index (χ0n) is 13.3. The van der Waals surface area contributed by atoms with Gasteiger partial charge >= 0.3 is 17.0 Å². The topological polar surface area (TPSA) is 119 Å². The summed E-state index contributed by atoms with van der Waals surface area (Å²) in [5.74, 6) is -0.931. The second kappa shape index (κ2) is 7.31. The molecular formula is C16H13N3O6S. The minimum atomic E-state index is -0.599. The van der Waals surface area contributed by atoms with Gasteiger partial charge in [-0.25, -0.2) is 9.59 Å². The van der Waals surface area contributed by atoms with Crippen molar-refractivity contribution in [2.24, 2.45) is 0 Å². The van der Waals surface area contributed by atoms with E-state index in [-0.39, 0.29) is 36.2 Å². The number of hydrogen-bond donors (Lipinski definition) is 1. The Kier molecular flexibility index (Phi) is 4.94. The molecule has 26 heavy (non-hydrogen) atoms. The summed E-state index contributed by atoms with van der Waals surface area (Å²) < 4.78 is 5.16. The van der Waals surface area contributed by atoms with Crippen molar-refractivity contribution in [2.75, 3.05) is 6.54 Å². The molecule has 0 saturated carbocycles. The zero-order chi connectivity index (χ0) is 18.7. The lowest BCUT2D eigenvalue weighted by atomic mass is 10.1. The molecule has 0 spiro atoms. The fraction of sp³-hybridized carbons (Fsp3) is 0.188. The van der Waals surface area contributed by atoms with Crippen LogP contribution in [0.1, 0.15) is 21.5 Å². The van der Waals surface area contributed by atoms with Crippen molar-refractivity contribution in [3.8, 4) is 0 Å². The maximum absolute atomic E-state index is 12.2. The summed E-state index contributed by atoms with van der Waals surface area (Å²) in [6.07, 6.45) is 0. The van der Waals surface area contributed by atoms with Gasteiger partial charge in [0.2, 0.25) is 5.91 Å². The van der Waals surface area contributed by atoms with E-state index in [4.69, 9.17) is 4.74 Å². The van der Waals surface area contributed by atoms with Crippen LogP contribution < -0.4 is 5.32 Å². The third kappa shape index (κ3) is 3.86. The predicted molar refractivity (Wildman–Crippen MR) is 90.5 cm³/mol. The van der Waals surface area contributed by atoms with E-state index in [1.165, 1.54) is 12.1 Å². The lowest BCUT2D eigenvalue weighted by molar-refractivity contribution is -0.380. The van der Waals surface area contributed by atoms with Crippen molar-refractivity contribution in [1.29, 1.82) is 0 Å². The van der Waals surface area contributed by atoms with E-state index >= 15 is 0 Å². The van der Waals surface area contributed by atoms with E-state index in [0.717, 1.165) is 16.2 Å². The second-order valence-electron chi connectivity index (χ2n) is 5.47. The van der Waals surface area contributed by atoms with Crippen LogP contribution in [0.15, 0.2) is 35.7 Å². The molecule has 0 unspecified atom stereocenters. The van der Waals surface area contributed by atoms with Crippen LogP contribution in [-0.2, 0) is 22.7 Å². The van der Waals surface area contributed by atoms with E-state index in [2.05, 4.69) is 5.32 Å². The first-order valence-corrected chi connectivity index (χ1v) is 8.38. The predicted octanol–water partition coefficient (Wildman–Crippen LogP) is 2.07. The van der Waals surface area contributed by atoms with Crippen LogP contribution in [0.5, 0.6) is 0 Å². The Hall–Kier alpha value is -3.27. The second-order valence-corrected chi connectivity index (χ2v) is 6.36. The maximum Gasteiger partial charge on any atom is 0.338 e. The highest BCUT2D eigenvalue weighted by Crippen LogP contribution is 2.23. The summed E-state index contributed by atoms with van der Waals surface area (Å²) in [7, 11) is 0. The normalized spacial score (nSPS) is 13.6. The van der Waals surface area contributed by atoms with Crippen molar-refractivity contribution in [3.63, 3.8) is 0 Å². The van der Waals surface area contributed by atoms with Gasteiger partial charge in [-0.05, 0) is 17.7 Å². The molecule has 1 aliphatic heterocycles. The van der Waals surface area contributed by atoms with Gasteiger partial charge in [-0.15, -0.1) is 0 Å². The third-order valence-electron chi connectivity index (χ3n) is 3.63. The molecule has 9 nitrogen and oxygen atoms in total. The van der Waals surface area contributed by atoms with Crippen LogP contribution in [-0.4, -0.2) is 34.3 Å². The maximum atomic E-state index is 12.2. The van der Waals surface area contributed by atoms with Crippen molar-refractivity contribution < 1.29 is 24.0 Å². The highest BCUT2D eigenvalue weighted by molar-refractivity contribution is 7.13. The summed E-state index contributed by atoms with van der Waals surface area (Å²) >= 11 is 0.960. The van der Waals surface area contributed by atoms with Crippen LogP contribution in [0.3, 0.4) is 0 Å². The number of urea groups is 1. The van der Waals surface area contributed by atoms with Crippen LogP contribution in [0, 0.1) is 10.1 Å². The number of ether oxygens (including phenoxy) is 1. The lowest BCUT2D eigenvalue weighted by Gasteiger charge is -2.13. The third-order valence-corrected chi connectivity index (χ3v) is 4.56. The molecule has 2 heterocycles. The number of nitro groups is 1. The number of nitrogens with zero attached hydrogens (tertiary/aromatic N) is 2. The Labute approximate surface area is 151 Å². The number of carbonyl (C=O) groups is 3. The molecule has 0 bridgehead atoms. The van der Waals surface area contributed by atoms with Crippen molar-refractivity contribution in [1.82, 2.24) is 10.2 Å². The fourth-order valence-corrected chi connectivity index (χ4v) is 3.07. The number of nitrogens with one attached hydrogen (secondary N) is 1. The van der Waals surface area contributed by atoms with Gasteiger partial charge in [0.05, 0.1) is 23.6 Å². The minimum Gasteiger partial charge on any atom is -0.457 e. The summed E-state index contributed by atoms with van der Waals surface area (Å²) in [4.78, 5) is 46.6. The Morgan fingerprint density at radius 3 is 2.77 bits per heavy atom. The zero-order valence-corrected chi connectivity index (χ0v) is 14.2. The molecule has 3 rings (SSSR count). The Bertz CT molecular complexity index is 878. The number of rotatable bonds is 6. The molecule has 2 aromatic rings. The molecule has 1 N–H and O–H groups in total. The molecular weight excluding hydrogens is 362 g/mol. The highest BCUT2D eigenvalue weighted by atomic mass is 32.1. The number of benzene rings is 1. The number of carbonyl (C=O) groups excluding carboxylic acids is 3. The van der Waals surface area contributed by atoms with Crippen molar-refractivity contribution in [2.45, 2.75) is 13.2 Å². The Morgan fingerprint density at radius 1 is 1.31 bits per heavy atom. The molecule has 3 amide bonds. The van der Waals surface area contributed by atoms with Gasteiger partial charge in [0, 0.05) is 17.0 Å². The van der Waals surface area contributed by atoms with Gasteiger partial charge in [0.25, 0.3) is 0 Å². The van der Waals surface area contributed by atoms with Gasteiger partial charge in [0.1, 0.15) is 6.61 Å². The van der Waals surface area contributed by atoms with Gasteiger partial charge in [0.15, 0.2) is 0 Å². The quantitative estimate of drug-likeness (QED) is 0.357. The Balaban J connectivity index is 1.63. The average molecular weight is 375 g/mol. The first-order chi connectivity index (χ1) is 12.4. The van der Waals surface area contributed by atoms with E-state index in [1.807, 2.05) is 0 Å². The van der Waals surface area contributed by atoms with Gasteiger partial charge in [-0.3, -0.25) is 19.8 Å². The number of esters is 1. The summed E-state index contributed by atoms with van der Waals surface area (Å²) in [6, 6.07) is 7.29. The monoisotopic (exact) mass is 375 g/mol. The lowest BCUT2D eigenvalue weighted by Crippen LogP contribution is -2.30. The van der Waals surface area contributed by atoms with E-state index < -0.39 is 16.9 Å². The first kappa shape index (κ1) is 17.5. The smallest absolute Gasteiger partial charge is 0.338 e. The van der Waals surface area contributed by atoms with Crippen LogP contribution in [0.2, 0.25) is 0 Å². The molecule has 1 aliphatic rings. The summed E-state index contributed by atoms with van der Waals surface area (Å²) in [5, 5.41) is 14.6. The highest BCUT2D eigenvalue weighted by Gasteiger charge is 2.28. The molecule has 10 heteroatoms. The fourth-order valence-electron chi connectivity index (χ4n) is 2.36. The molecule has 0 aliphatic carbocycles.